The molecule has 1 amide bonds. The molecule has 0 unspecified atom stereocenters. The van der Waals surface area contributed by atoms with Crippen molar-refractivity contribution in [1.82, 2.24) is 19.4 Å². The smallest absolute Gasteiger partial charge is 0.387 e. The molecule has 3 heterocycles. The Hall–Kier alpha value is -4.43. The summed E-state index contributed by atoms with van der Waals surface area (Å²) >= 11 is 12.0. The number of hydrogen-bond donors (Lipinski definition) is 0. The van der Waals surface area contributed by atoms with Gasteiger partial charge in [0, 0.05) is 63.8 Å². The van der Waals surface area contributed by atoms with Crippen LogP contribution in [0, 0.1) is 6.92 Å². The van der Waals surface area contributed by atoms with Crippen LogP contribution >= 0.6 is 23.2 Å². The van der Waals surface area contributed by atoms with Crippen LogP contribution in [0.2, 0.25) is 10.0 Å². The number of aryl methyl sites for hydroxylation is 2. The summed E-state index contributed by atoms with van der Waals surface area (Å²) < 4.78 is 65.0. The van der Waals surface area contributed by atoms with E-state index in [2.05, 4.69) is 21.5 Å². The lowest BCUT2D eigenvalue weighted by atomic mass is 10.1. The second-order valence-corrected chi connectivity index (χ2v) is 15.1. The summed E-state index contributed by atoms with van der Waals surface area (Å²) in [5.41, 5.74) is 3.28. The highest BCUT2D eigenvalue weighted by Gasteiger charge is 2.29. The fourth-order valence-corrected chi connectivity index (χ4v) is 7.76. The molecule has 1 aliphatic rings. The van der Waals surface area contributed by atoms with Crippen molar-refractivity contribution in [3.8, 4) is 17.4 Å². The number of pyridine rings is 1. The number of benzene rings is 3. The summed E-state index contributed by atoms with van der Waals surface area (Å²) in [6.45, 7) is 3.32. The van der Waals surface area contributed by atoms with Gasteiger partial charge in [0.05, 0.1) is 32.3 Å². The quantitative estimate of drug-likeness (QED) is 0.144. The number of hydrogen-bond acceptors (Lipinski definition) is 7. The molecule has 1 atom stereocenters. The molecule has 1 aliphatic heterocycles. The number of halogens is 4. The van der Waals surface area contributed by atoms with Gasteiger partial charge in [-0.05, 0) is 73.5 Å². The first-order valence-electron chi connectivity index (χ1n) is 16.0. The zero-order valence-electron chi connectivity index (χ0n) is 28.2. The maximum absolute atomic E-state index is 13.7. The van der Waals surface area contributed by atoms with Gasteiger partial charge in [-0.25, -0.2) is 13.4 Å². The molecule has 2 aromatic heterocycles. The Balaban J connectivity index is 1.12. The van der Waals surface area contributed by atoms with E-state index in [1.54, 1.807) is 31.2 Å². The van der Waals surface area contributed by atoms with Crippen molar-refractivity contribution >= 4 is 55.7 Å². The minimum absolute atomic E-state index is 0.00439. The summed E-state index contributed by atoms with van der Waals surface area (Å²) in [5, 5.41) is 1.26. The number of sulfonamides is 1. The molecule has 15 heteroatoms. The molecule has 0 spiro atoms. The average Bonchev–Trinajstić information content (AvgIpc) is 3.42. The normalized spacial score (nSPS) is 15.4. The van der Waals surface area contributed by atoms with Gasteiger partial charge in [0.2, 0.25) is 5.88 Å². The molecule has 6 rings (SSSR count). The third-order valence-electron chi connectivity index (χ3n) is 8.99. The first-order chi connectivity index (χ1) is 24.2. The van der Waals surface area contributed by atoms with E-state index in [-0.39, 0.29) is 38.5 Å². The topological polar surface area (TPSA) is 97.2 Å². The SMILES string of the molecule is Cc1cc(Oc2ccc3cc(C(=O)N4CCN(Cc5ccc(OC(F)F)cc5)[C@H](C)C4)n(C)c3c2)ncc1N(C)S(=O)(=O)c1ccc(Cl)c(Cl)c1. The summed E-state index contributed by atoms with van der Waals surface area (Å²) in [5.74, 6) is 0.803. The molecule has 10 nitrogen and oxygen atoms in total. The van der Waals surface area contributed by atoms with Crippen LogP contribution in [0.15, 0.2) is 83.9 Å². The Morgan fingerprint density at radius 2 is 1.73 bits per heavy atom. The molecule has 1 saturated heterocycles. The maximum Gasteiger partial charge on any atom is 0.387 e. The van der Waals surface area contributed by atoms with Gasteiger partial charge in [-0.15, -0.1) is 0 Å². The van der Waals surface area contributed by atoms with E-state index in [1.807, 2.05) is 34.7 Å². The molecule has 0 saturated carbocycles. The molecule has 268 valence electrons. The van der Waals surface area contributed by atoms with Gasteiger partial charge in [0.25, 0.3) is 15.9 Å². The zero-order valence-corrected chi connectivity index (χ0v) is 30.5. The van der Waals surface area contributed by atoms with Crippen molar-refractivity contribution < 1.29 is 31.5 Å². The minimum atomic E-state index is -3.94. The van der Waals surface area contributed by atoms with Crippen LogP contribution in [-0.4, -0.2) is 73.0 Å². The molecule has 1 fully saturated rings. The zero-order chi connectivity index (χ0) is 36.6. The maximum atomic E-state index is 13.7. The number of amides is 1. The Morgan fingerprint density at radius 3 is 2.39 bits per heavy atom. The van der Waals surface area contributed by atoms with Gasteiger partial charge >= 0.3 is 6.61 Å². The average molecular weight is 759 g/mol. The Bertz CT molecular complexity index is 2200. The molecule has 3 aromatic carbocycles. The van der Waals surface area contributed by atoms with Crippen LogP contribution in [-0.2, 0) is 23.6 Å². The van der Waals surface area contributed by atoms with E-state index in [0.29, 0.717) is 48.9 Å². The lowest BCUT2D eigenvalue weighted by molar-refractivity contribution is -0.0498. The predicted octanol–water partition coefficient (Wildman–Crippen LogP) is 7.75. The summed E-state index contributed by atoms with van der Waals surface area (Å²) in [6, 6.07) is 19.8. The number of carbonyl (C=O) groups is 1. The van der Waals surface area contributed by atoms with Crippen molar-refractivity contribution in [2.75, 3.05) is 31.0 Å². The molecular weight excluding hydrogens is 723 g/mol. The van der Waals surface area contributed by atoms with Crippen molar-refractivity contribution in [3.05, 3.63) is 106 Å². The third-order valence-corrected chi connectivity index (χ3v) is 11.5. The van der Waals surface area contributed by atoms with E-state index < -0.39 is 16.6 Å². The van der Waals surface area contributed by atoms with Crippen LogP contribution in [0.25, 0.3) is 10.9 Å². The first kappa shape index (κ1) is 36.4. The van der Waals surface area contributed by atoms with E-state index in [4.69, 9.17) is 27.9 Å². The monoisotopic (exact) mass is 757 g/mol. The second kappa shape index (κ2) is 14.7. The van der Waals surface area contributed by atoms with E-state index in [1.165, 1.54) is 43.6 Å². The predicted molar refractivity (Wildman–Crippen MR) is 193 cm³/mol. The number of aromatic nitrogens is 2. The van der Waals surface area contributed by atoms with Crippen LogP contribution in [0.5, 0.6) is 17.4 Å². The van der Waals surface area contributed by atoms with E-state index in [0.717, 1.165) is 20.8 Å². The number of piperazine rings is 1. The third kappa shape index (κ3) is 7.76. The van der Waals surface area contributed by atoms with Gasteiger partial charge in [-0.3, -0.25) is 14.0 Å². The number of nitrogens with zero attached hydrogens (tertiary/aromatic N) is 5. The van der Waals surface area contributed by atoms with E-state index in [9.17, 15) is 22.0 Å². The van der Waals surface area contributed by atoms with Crippen molar-refractivity contribution in [2.45, 2.75) is 37.9 Å². The molecule has 0 bridgehead atoms. The lowest BCUT2D eigenvalue weighted by Crippen LogP contribution is -2.53. The summed E-state index contributed by atoms with van der Waals surface area (Å²) in [6.07, 6.45) is 1.43. The van der Waals surface area contributed by atoms with Crippen molar-refractivity contribution in [1.29, 1.82) is 0 Å². The molecule has 51 heavy (non-hydrogen) atoms. The Kier molecular flexibility index (Phi) is 10.5. The molecule has 5 aromatic rings. The number of fused-ring (bicyclic) bond motifs is 1. The number of carbonyl (C=O) groups excluding carboxylic acids is 1. The van der Waals surface area contributed by atoms with Gasteiger partial charge in [0.15, 0.2) is 0 Å². The van der Waals surface area contributed by atoms with Gasteiger partial charge in [-0.1, -0.05) is 35.3 Å². The number of ether oxygens (including phenoxy) is 2. The Labute approximate surface area is 304 Å². The van der Waals surface area contributed by atoms with Crippen molar-refractivity contribution in [3.63, 3.8) is 0 Å². The van der Waals surface area contributed by atoms with Gasteiger partial charge in [0.1, 0.15) is 17.2 Å². The van der Waals surface area contributed by atoms with Crippen LogP contribution in [0.1, 0.15) is 28.5 Å². The number of anilines is 1. The van der Waals surface area contributed by atoms with Crippen LogP contribution < -0.4 is 13.8 Å². The fourth-order valence-electron chi connectivity index (χ4n) is 6.12. The molecule has 0 N–H and O–H groups in total. The largest absolute Gasteiger partial charge is 0.439 e. The van der Waals surface area contributed by atoms with E-state index >= 15 is 0 Å². The fraction of sp³-hybridized carbons (Fsp3) is 0.278. The van der Waals surface area contributed by atoms with Crippen LogP contribution in [0.3, 0.4) is 0 Å². The van der Waals surface area contributed by atoms with Crippen LogP contribution in [0.4, 0.5) is 14.5 Å². The van der Waals surface area contributed by atoms with Gasteiger partial charge in [-0.2, -0.15) is 8.78 Å². The summed E-state index contributed by atoms with van der Waals surface area (Å²) in [7, 11) is -0.672. The molecule has 0 radical (unpaired) electrons. The van der Waals surface area contributed by atoms with Gasteiger partial charge < -0.3 is 18.9 Å². The highest BCUT2D eigenvalue weighted by atomic mass is 35.5. The number of rotatable bonds is 10. The highest BCUT2D eigenvalue weighted by molar-refractivity contribution is 7.92. The Morgan fingerprint density at radius 1 is 1.00 bits per heavy atom. The highest BCUT2D eigenvalue weighted by Crippen LogP contribution is 2.32. The first-order valence-corrected chi connectivity index (χ1v) is 18.2. The molecule has 0 aliphatic carbocycles. The molecular formula is C36H35Cl2F2N5O5S. The van der Waals surface area contributed by atoms with Crippen molar-refractivity contribution in [2.24, 2.45) is 7.05 Å². The standard InChI is InChI=1S/C36H35Cl2F2N5O5S/c1-22-15-34(41-19-33(22)43(4)51(47,48)28-11-12-29(37)30(38)18-28)49-27-10-7-25-16-32(42(3)31(25)17-27)35(46)45-14-13-44(23(2)20-45)21-24-5-8-26(9-6-24)50-36(39)40/h5-12,15-19,23,36H,13-14,20-21H2,1-4H3/t23-/m1/s1. The summed E-state index contributed by atoms with van der Waals surface area (Å²) in [4.78, 5) is 22.2. The minimum Gasteiger partial charge on any atom is -0.439 e. The lowest BCUT2D eigenvalue weighted by Gasteiger charge is -2.40. The second-order valence-electron chi connectivity index (χ2n) is 12.4. The number of alkyl halides is 2.